The molecule has 0 aliphatic heterocycles. The van der Waals surface area contributed by atoms with E-state index in [0.717, 1.165) is 33.7 Å². The number of para-hydroxylation sites is 2. The van der Waals surface area contributed by atoms with Gasteiger partial charge in [-0.2, -0.15) is 8.42 Å². The highest BCUT2D eigenvalue weighted by molar-refractivity contribution is 7.86. The fourth-order valence-electron chi connectivity index (χ4n) is 3.39. The van der Waals surface area contributed by atoms with Gasteiger partial charge in [0.2, 0.25) is 0 Å². The van der Waals surface area contributed by atoms with Crippen molar-refractivity contribution in [3.63, 3.8) is 0 Å². The van der Waals surface area contributed by atoms with E-state index in [1.165, 1.54) is 0 Å². The molecular formula is C24H25N3O3S. The first-order valence-corrected chi connectivity index (χ1v) is 11.6. The third-order valence-electron chi connectivity index (χ3n) is 5.13. The highest BCUT2D eigenvalue weighted by Crippen LogP contribution is 2.24. The molecule has 160 valence electrons. The Balaban J connectivity index is 1.30. The van der Waals surface area contributed by atoms with Gasteiger partial charge in [0, 0.05) is 24.8 Å². The van der Waals surface area contributed by atoms with Crippen LogP contribution in [0.2, 0.25) is 0 Å². The molecule has 0 amide bonds. The molecule has 0 aliphatic carbocycles. The van der Waals surface area contributed by atoms with Gasteiger partial charge in [-0.15, -0.1) is 0 Å². The molecule has 0 radical (unpaired) electrons. The van der Waals surface area contributed by atoms with Gasteiger partial charge in [-0.05, 0) is 61.9 Å². The van der Waals surface area contributed by atoms with Crippen molar-refractivity contribution < 1.29 is 12.6 Å². The van der Waals surface area contributed by atoms with E-state index in [4.69, 9.17) is 9.17 Å². The summed E-state index contributed by atoms with van der Waals surface area (Å²) in [4.78, 5) is 4.90. The van der Waals surface area contributed by atoms with Crippen LogP contribution in [-0.4, -0.2) is 31.1 Å². The molecule has 0 spiro atoms. The molecule has 4 aromatic rings. The van der Waals surface area contributed by atoms with Gasteiger partial charge in [0.1, 0.15) is 5.82 Å². The first kappa shape index (κ1) is 21.1. The normalized spacial score (nSPS) is 11.7. The number of aromatic nitrogens is 2. The van der Waals surface area contributed by atoms with Crippen LogP contribution in [0.5, 0.6) is 0 Å². The van der Waals surface area contributed by atoms with Crippen LogP contribution < -0.4 is 5.32 Å². The number of imidazole rings is 1. The minimum absolute atomic E-state index is 0.126. The minimum atomic E-state index is -3.71. The molecule has 3 aromatic carbocycles. The van der Waals surface area contributed by atoms with E-state index in [1.54, 1.807) is 24.3 Å². The second kappa shape index (κ2) is 8.91. The Hall–Kier alpha value is -3.16. The summed E-state index contributed by atoms with van der Waals surface area (Å²) in [6.07, 6.45) is 0.567. The van der Waals surface area contributed by atoms with Gasteiger partial charge >= 0.3 is 0 Å². The second-order valence-corrected chi connectivity index (χ2v) is 9.05. The molecule has 0 fully saturated rings. The summed E-state index contributed by atoms with van der Waals surface area (Å²) in [5.74, 6) is 0.919. The van der Waals surface area contributed by atoms with E-state index in [0.29, 0.717) is 13.0 Å². The summed E-state index contributed by atoms with van der Waals surface area (Å²) in [6.45, 7) is 2.64. The molecular weight excluding hydrogens is 410 g/mol. The summed E-state index contributed by atoms with van der Waals surface area (Å²) in [6, 6.07) is 22.8. The van der Waals surface area contributed by atoms with Crippen molar-refractivity contribution in [2.75, 3.05) is 18.5 Å². The lowest BCUT2D eigenvalue weighted by Crippen LogP contribution is -2.11. The third-order valence-corrected chi connectivity index (χ3v) is 6.46. The first-order chi connectivity index (χ1) is 14.9. The van der Waals surface area contributed by atoms with Crippen molar-refractivity contribution in [2.45, 2.75) is 18.2 Å². The summed E-state index contributed by atoms with van der Waals surface area (Å²) >= 11 is 0. The van der Waals surface area contributed by atoms with E-state index >= 15 is 0 Å². The Morgan fingerprint density at radius 3 is 2.39 bits per heavy atom. The van der Waals surface area contributed by atoms with Crippen molar-refractivity contribution in [3.05, 3.63) is 78.4 Å². The molecule has 1 N–H and O–H groups in total. The Kier molecular flexibility index (Phi) is 6.06. The molecule has 1 aromatic heterocycles. The van der Waals surface area contributed by atoms with E-state index in [2.05, 4.69) is 16.0 Å². The number of rotatable bonds is 8. The van der Waals surface area contributed by atoms with E-state index in [9.17, 15) is 8.42 Å². The van der Waals surface area contributed by atoms with Crippen LogP contribution in [0, 0.1) is 6.92 Å². The number of hydrogen-bond acceptors (Lipinski definition) is 5. The highest BCUT2D eigenvalue weighted by Gasteiger charge is 2.14. The maximum Gasteiger partial charge on any atom is 0.296 e. The first-order valence-electron chi connectivity index (χ1n) is 10.2. The van der Waals surface area contributed by atoms with Gasteiger partial charge in [0.25, 0.3) is 10.1 Å². The zero-order valence-electron chi connectivity index (χ0n) is 17.6. The lowest BCUT2D eigenvalue weighted by Gasteiger charge is -2.09. The average molecular weight is 436 g/mol. The number of anilines is 1. The van der Waals surface area contributed by atoms with Crippen LogP contribution in [0.1, 0.15) is 12.0 Å². The van der Waals surface area contributed by atoms with Gasteiger partial charge in [-0.3, -0.25) is 4.18 Å². The van der Waals surface area contributed by atoms with Crippen molar-refractivity contribution in [1.82, 2.24) is 9.55 Å². The highest BCUT2D eigenvalue weighted by atomic mass is 32.2. The second-order valence-electron chi connectivity index (χ2n) is 7.43. The van der Waals surface area contributed by atoms with Crippen LogP contribution in [0.4, 0.5) is 5.69 Å². The van der Waals surface area contributed by atoms with E-state index < -0.39 is 10.1 Å². The summed E-state index contributed by atoms with van der Waals surface area (Å²) in [7, 11) is -1.70. The fourth-order valence-corrected chi connectivity index (χ4v) is 4.33. The molecule has 1 heterocycles. The molecule has 0 aliphatic rings. The third kappa shape index (κ3) is 4.78. The van der Waals surface area contributed by atoms with Crippen LogP contribution in [0.15, 0.2) is 77.7 Å². The lowest BCUT2D eigenvalue weighted by molar-refractivity contribution is 0.316. The maximum absolute atomic E-state index is 12.2. The zero-order chi connectivity index (χ0) is 21.8. The number of hydrogen-bond donors (Lipinski definition) is 1. The van der Waals surface area contributed by atoms with Crippen molar-refractivity contribution in [3.8, 4) is 11.4 Å². The topological polar surface area (TPSA) is 73.2 Å². The number of nitrogens with one attached hydrogen (secondary N) is 1. The average Bonchev–Trinajstić information content (AvgIpc) is 3.11. The zero-order valence-corrected chi connectivity index (χ0v) is 18.4. The van der Waals surface area contributed by atoms with Crippen LogP contribution in [-0.2, 0) is 21.3 Å². The van der Waals surface area contributed by atoms with Crippen molar-refractivity contribution >= 4 is 26.8 Å². The van der Waals surface area contributed by atoms with Gasteiger partial charge < -0.3 is 9.88 Å². The predicted octanol–water partition coefficient (Wildman–Crippen LogP) is 4.76. The van der Waals surface area contributed by atoms with Crippen molar-refractivity contribution in [1.29, 1.82) is 0 Å². The molecule has 4 rings (SSSR count). The van der Waals surface area contributed by atoms with Crippen LogP contribution >= 0.6 is 0 Å². The number of fused-ring (bicyclic) bond motifs is 1. The molecule has 0 unspecified atom stereocenters. The number of benzene rings is 3. The summed E-state index contributed by atoms with van der Waals surface area (Å²) in [5.41, 5.74) is 5.08. The lowest BCUT2D eigenvalue weighted by atomic mass is 10.2. The minimum Gasteiger partial charge on any atom is -0.385 e. The number of aryl methyl sites for hydroxylation is 2. The summed E-state index contributed by atoms with van der Waals surface area (Å²) in [5, 5.41) is 3.30. The Labute approximate surface area is 182 Å². The summed E-state index contributed by atoms with van der Waals surface area (Å²) < 4.78 is 31.6. The number of nitrogens with zero attached hydrogens (tertiary/aromatic N) is 2. The molecule has 6 nitrogen and oxygen atoms in total. The Bertz CT molecular complexity index is 1280. The SMILES string of the molecule is Cc1ccc(S(=O)(=O)OCCCNc2ccc(-c3nc4ccccc4n3C)cc2)cc1. The Morgan fingerprint density at radius 1 is 0.968 bits per heavy atom. The molecule has 0 saturated carbocycles. The predicted molar refractivity (Wildman–Crippen MR) is 124 cm³/mol. The molecule has 0 atom stereocenters. The smallest absolute Gasteiger partial charge is 0.296 e. The Morgan fingerprint density at radius 2 is 1.68 bits per heavy atom. The molecule has 0 bridgehead atoms. The van der Waals surface area contributed by atoms with Gasteiger partial charge in [-0.25, -0.2) is 4.98 Å². The van der Waals surface area contributed by atoms with Gasteiger partial charge in [-0.1, -0.05) is 29.8 Å². The van der Waals surface area contributed by atoms with E-state index in [-0.39, 0.29) is 11.5 Å². The molecule has 0 saturated heterocycles. The fraction of sp³-hybridized carbons (Fsp3) is 0.208. The van der Waals surface area contributed by atoms with E-state index in [1.807, 2.05) is 56.4 Å². The van der Waals surface area contributed by atoms with Crippen molar-refractivity contribution in [2.24, 2.45) is 7.05 Å². The standard InChI is InChI=1S/C24H25N3O3S/c1-18-8-14-21(15-9-18)31(28,29)30-17-5-16-25-20-12-10-19(11-13-20)24-26-22-6-3-4-7-23(22)27(24)2/h3-4,6-15,25H,5,16-17H2,1-2H3. The van der Waals surface area contributed by atoms with Gasteiger partial charge in [0.15, 0.2) is 0 Å². The quantitative estimate of drug-likeness (QED) is 0.319. The monoisotopic (exact) mass is 435 g/mol. The van der Waals surface area contributed by atoms with Gasteiger partial charge in [0.05, 0.1) is 22.5 Å². The van der Waals surface area contributed by atoms with Crippen LogP contribution in [0.3, 0.4) is 0 Å². The maximum atomic E-state index is 12.2. The largest absolute Gasteiger partial charge is 0.385 e. The molecule has 7 heteroatoms. The molecule has 31 heavy (non-hydrogen) atoms. The van der Waals surface area contributed by atoms with Crippen LogP contribution in [0.25, 0.3) is 22.4 Å².